The van der Waals surface area contributed by atoms with E-state index in [2.05, 4.69) is 22.2 Å². The van der Waals surface area contributed by atoms with E-state index in [0.29, 0.717) is 50.1 Å². The number of aliphatic hydroxyl groups excluding tert-OH is 1. The van der Waals surface area contributed by atoms with Crippen molar-refractivity contribution in [3.63, 3.8) is 0 Å². The maximum Gasteiger partial charge on any atom is 0.331 e. The summed E-state index contributed by atoms with van der Waals surface area (Å²) in [6.45, 7) is 3.93. The van der Waals surface area contributed by atoms with Gasteiger partial charge in [-0.15, -0.1) is 11.3 Å². The second-order valence-corrected chi connectivity index (χ2v) is 10.5. The molecule has 0 spiro atoms. The number of nitrogens with one attached hydrogen (secondary N) is 2. The van der Waals surface area contributed by atoms with Crippen molar-refractivity contribution in [1.29, 1.82) is 0 Å². The van der Waals surface area contributed by atoms with Crippen LogP contribution in [0.5, 0.6) is 11.5 Å². The third-order valence-corrected chi connectivity index (χ3v) is 7.87. The van der Waals surface area contributed by atoms with Gasteiger partial charge < -0.3 is 25.4 Å². The van der Waals surface area contributed by atoms with Crippen LogP contribution in [-0.2, 0) is 4.79 Å². The van der Waals surface area contributed by atoms with Gasteiger partial charge in [-0.3, -0.25) is 14.5 Å². The number of hydrogen-bond acceptors (Lipinski definition) is 7. The van der Waals surface area contributed by atoms with E-state index >= 15 is 0 Å². The number of hydrogen-bond donors (Lipinski definition) is 3. The largest absolute Gasteiger partial charge is 0.457 e. The van der Waals surface area contributed by atoms with Gasteiger partial charge in [-0.1, -0.05) is 24.8 Å². The zero-order chi connectivity index (χ0) is 27.8. The van der Waals surface area contributed by atoms with E-state index < -0.39 is 24.1 Å². The number of pyridine rings is 1. The topological polar surface area (TPSA) is 124 Å². The SMILES string of the molecule is C=CC(=O)N1C[C@H](O)C[C@@H](NC(=O)c2sc3nccc4c3c2NC(=O)N4c2ccc(Oc3ccccc3)cc2)C1. The molecule has 0 bridgehead atoms. The zero-order valence-corrected chi connectivity index (χ0v) is 22.1. The monoisotopic (exact) mass is 555 g/mol. The van der Waals surface area contributed by atoms with Crippen LogP contribution in [0.4, 0.5) is 21.9 Å². The number of likely N-dealkylation sites (tertiary alicyclic amines) is 1. The summed E-state index contributed by atoms with van der Waals surface area (Å²) in [6, 6.07) is 17.4. The number of piperidine rings is 1. The highest BCUT2D eigenvalue weighted by atomic mass is 32.1. The molecule has 6 rings (SSSR count). The number of carbonyl (C=O) groups is 3. The number of anilines is 3. The van der Waals surface area contributed by atoms with Gasteiger partial charge in [-0.2, -0.15) is 0 Å². The molecule has 4 heterocycles. The number of benzene rings is 2. The molecular formula is C29H25N5O5S. The number of aromatic nitrogens is 1. The molecule has 202 valence electrons. The van der Waals surface area contributed by atoms with Crippen LogP contribution in [0.1, 0.15) is 16.1 Å². The lowest BCUT2D eigenvalue weighted by atomic mass is 10.0. The smallest absolute Gasteiger partial charge is 0.331 e. The molecule has 0 radical (unpaired) electrons. The number of rotatable bonds is 6. The number of para-hydroxylation sites is 1. The summed E-state index contributed by atoms with van der Waals surface area (Å²) in [4.78, 5) is 47.2. The van der Waals surface area contributed by atoms with Crippen LogP contribution < -0.4 is 20.3 Å². The van der Waals surface area contributed by atoms with Gasteiger partial charge in [-0.05, 0) is 55.0 Å². The van der Waals surface area contributed by atoms with Gasteiger partial charge in [-0.25, -0.2) is 9.78 Å². The van der Waals surface area contributed by atoms with Crippen molar-refractivity contribution < 1.29 is 24.2 Å². The Morgan fingerprint density at radius 3 is 2.60 bits per heavy atom. The fourth-order valence-corrected chi connectivity index (χ4v) is 6.05. The van der Waals surface area contributed by atoms with Gasteiger partial charge in [0.15, 0.2) is 0 Å². The summed E-state index contributed by atoms with van der Waals surface area (Å²) in [5.74, 6) is 0.614. The van der Waals surface area contributed by atoms with Crippen LogP contribution in [-0.4, -0.2) is 58.1 Å². The summed E-state index contributed by atoms with van der Waals surface area (Å²) in [5.41, 5.74) is 1.62. The number of amides is 4. The van der Waals surface area contributed by atoms with Gasteiger partial charge in [0.05, 0.1) is 28.6 Å². The molecule has 2 aliphatic rings. The maximum atomic E-state index is 13.4. The minimum Gasteiger partial charge on any atom is -0.457 e. The van der Waals surface area contributed by atoms with E-state index in [9.17, 15) is 19.5 Å². The molecule has 2 aliphatic heterocycles. The van der Waals surface area contributed by atoms with Gasteiger partial charge in [0.1, 0.15) is 21.2 Å². The first-order valence-electron chi connectivity index (χ1n) is 12.7. The summed E-state index contributed by atoms with van der Waals surface area (Å²) in [6.07, 6.45) is 2.33. The molecule has 2 atom stereocenters. The summed E-state index contributed by atoms with van der Waals surface area (Å²) in [7, 11) is 0. The van der Waals surface area contributed by atoms with Gasteiger partial charge in [0.25, 0.3) is 5.91 Å². The Labute approximate surface area is 233 Å². The molecule has 2 aromatic heterocycles. The van der Waals surface area contributed by atoms with Crippen LogP contribution in [0, 0.1) is 0 Å². The van der Waals surface area contributed by atoms with E-state index in [0.717, 1.165) is 0 Å². The first-order valence-corrected chi connectivity index (χ1v) is 13.5. The van der Waals surface area contributed by atoms with Crippen molar-refractivity contribution in [3.05, 3.63) is 84.4 Å². The average molecular weight is 556 g/mol. The molecule has 10 nitrogen and oxygen atoms in total. The summed E-state index contributed by atoms with van der Waals surface area (Å²) >= 11 is 1.17. The Balaban J connectivity index is 1.27. The van der Waals surface area contributed by atoms with Crippen molar-refractivity contribution in [2.75, 3.05) is 23.3 Å². The highest BCUT2D eigenvalue weighted by Crippen LogP contribution is 2.45. The second kappa shape index (κ2) is 10.4. The normalized spacial score (nSPS) is 18.3. The van der Waals surface area contributed by atoms with E-state index in [1.807, 2.05) is 30.3 Å². The molecule has 4 aromatic rings. The quantitative estimate of drug-likeness (QED) is 0.298. The molecular weight excluding hydrogens is 530 g/mol. The Morgan fingerprint density at radius 2 is 1.85 bits per heavy atom. The Hall–Kier alpha value is -4.74. The van der Waals surface area contributed by atoms with Gasteiger partial charge >= 0.3 is 6.03 Å². The predicted molar refractivity (Wildman–Crippen MR) is 152 cm³/mol. The molecule has 1 fully saturated rings. The fourth-order valence-electron chi connectivity index (χ4n) is 5.03. The number of carbonyl (C=O) groups excluding carboxylic acids is 3. The van der Waals surface area contributed by atoms with Crippen LogP contribution >= 0.6 is 11.3 Å². The number of thiophene rings is 1. The number of ether oxygens (including phenoxy) is 1. The third kappa shape index (κ3) is 4.76. The highest BCUT2D eigenvalue weighted by molar-refractivity contribution is 7.21. The molecule has 11 heteroatoms. The van der Waals surface area contributed by atoms with Crippen LogP contribution in [0.2, 0.25) is 0 Å². The van der Waals surface area contributed by atoms with E-state index in [1.165, 1.54) is 27.2 Å². The van der Waals surface area contributed by atoms with Crippen molar-refractivity contribution in [2.24, 2.45) is 0 Å². The average Bonchev–Trinajstić information content (AvgIpc) is 3.33. The zero-order valence-electron chi connectivity index (χ0n) is 21.2. The highest BCUT2D eigenvalue weighted by Gasteiger charge is 2.34. The third-order valence-electron chi connectivity index (χ3n) is 6.78. The molecule has 0 unspecified atom stereocenters. The summed E-state index contributed by atoms with van der Waals surface area (Å²) in [5, 5.41) is 16.7. The maximum absolute atomic E-state index is 13.4. The van der Waals surface area contributed by atoms with E-state index in [-0.39, 0.29) is 19.0 Å². The van der Waals surface area contributed by atoms with Crippen LogP contribution in [0.15, 0.2) is 79.5 Å². The lowest BCUT2D eigenvalue weighted by Gasteiger charge is -2.35. The Bertz CT molecular complexity index is 1620. The van der Waals surface area contributed by atoms with Crippen molar-refractivity contribution in [1.82, 2.24) is 15.2 Å². The van der Waals surface area contributed by atoms with Crippen LogP contribution in [0.25, 0.3) is 10.2 Å². The molecule has 0 saturated carbocycles. The fraction of sp³-hybridized carbons (Fsp3) is 0.172. The second-order valence-electron chi connectivity index (χ2n) is 9.50. The molecule has 4 amide bonds. The first-order chi connectivity index (χ1) is 19.4. The van der Waals surface area contributed by atoms with Gasteiger partial charge in [0, 0.05) is 25.3 Å². The molecule has 40 heavy (non-hydrogen) atoms. The molecule has 3 N–H and O–H groups in total. The Kier molecular flexibility index (Phi) is 6.66. The number of urea groups is 1. The van der Waals surface area contributed by atoms with E-state index in [4.69, 9.17) is 4.74 Å². The number of nitrogens with zero attached hydrogens (tertiary/aromatic N) is 3. The standard InChI is InChI=1S/C29H25N5O5S/c1-2-23(36)33-15-17(14-19(35)16-33)31-27(37)26-25-24-22(12-13-30-28(24)40-26)34(29(38)32-25)18-8-10-21(11-9-18)39-20-6-4-3-5-7-20/h2-13,17,19,35H,1,14-16H2,(H,31,37)(H,32,38)/t17-,19-/m1/s1. The van der Waals surface area contributed by atoms with Crippen molar-refractivity contribution in [3.8, 4) is 11.5 Å². The molecule has 0 aliphatic carbocycles. The Morgan fingerprint density at radius 1 is 1.10 bits per heavy atom. The summed E-state index contributed by atoms with van der Waals surface area (Å²) < 4.78 is 5.87. The number of β-amino-alcohol motifs (C(OH)–C–C–N with tert-alkyl or cyclic N) is 1. The number of aliphatic hydroxyl groups is 1. The van der Waals surface area contributed by atoms with Crippen molar-refractivity contribution in [2.45, 2.75) is 18.6 Å². The van der Waals surface area contributed by atoms with Crippen molar-refractivity contribution >= 4 is 56.5 Å². The predicted octanol–water partition coefficient (Wildman–Crippen LogP) is 4.65. The van der Waals surface area contributed by atoms with E-state index in [1.54, 1.807) is 36.5 Å². The minimum atomic E-state index is -0.769. The molecule has 1 saturated heterocycles. The molecule has 2 aromatic carbocycles. The van der Waals surface area contributed by atoms with Gasteiger partial charge in [0.2, 0.25) is 5.91 Å². The van der Waals surface area contributed by atoms with Crippen LogP contribution in [0.3, 0.4) is 0 Å². The lowest BCUT2D eigenvalue weighted by molar-refractivity contribution is -0.129. The first kappa shape index (κ1) is 25.5. The lowest BCUT2D eigenvalue weighted by Crippen LogP contribution is -2.54. The minimum absolute atomic E-state index is 0.184.